The number of amides is 1. The average molecular weight is 442 g/mol. The zero-order chi connectivity index (χ0) is 21.6. The van der Waals surface area contributed by atoms with E-state index in [1.165, 1.54) is 18.4 Å². The molecule has 11 heteroatoms. The van der Waals surface area contributed by atoms with Crippen LogP contribution in [0.3, 0.4) is 0 Å². The molecule has 31 heavy (non-hydrogen) atoms. The van der Waals surface area contributed by atoms with Crippen molar-refractivity contribution in [2.45, 2.75) is 18.6 Å². The summed E-state index contributed by atoms with van der Waals surface area (Å²) in [5, 5.41) is 23.5. The van der Waals surface area contributed by atoms with E-state index in [0.29, 0.717) is 21.6 Å². The van der Waals surface area contributed by atoms with E-state index in [2.05, 4.69) is 35.9 Å². The summed E-state index contributed by atoms with van der Waals surface area (Å²) in [5.41, 5.74) is 0.692. The van der Waals surface area contributed by atoms with Gasteiger partial charge in [-0.1, -0.05) is 23.5 Å². The number of nitrogens with one attached hydrogen (secondary N) is 2. The molecule has 2 N–H and O–H groups in total. The number of hydrogen-bond acceptors (Lipinski definition) is 10. The lowest BCUT2D eigenvalue weighted by Gasteiger charge is -2.16. The van der Waals surface area contributed by atoms with Crippen LogP contribution in [0.5, 0.6) is 5.75 Å². The summed E-state index contributed by atoms with van der Waals surface area (Å²) in [6.07, 6.45) is 1.82. The van der Waals surface area contributed by atoms with Gasteiger partial charge in [-0.2, -0.15) is 5.10 Å². The molecule has 2 aromatic heterocycles. The molecule has 4 rings (SSSR count). The minimum Gasteiger partial charge on any atom is -0.497 e. The Morgan fingerprint density at radius 2 is 2.06 bits per heavy atom. The number of anilines is 3. The molecular formula is C20H23N7O3S. The fourth-order valence-electron chi connectivity index (χ4n) is 3.42. The lowest BCUT2D eigenvalue weighted by Crippen LogP contribution is -2.26. The highest BCUT2D eigenvalue weighted by Gasteiger charge is 2.25. The van der Waals surface area contributed by atoms with Crippen molar-refractivity contribution in [3.63, 3.8) is 0 Å². The van der Waals surface area contributed by atoms with Gasteiger partial charge in [-0.05, 0) is 36.2 Å². The van der Waals surface area contributed by atoms with Crippen LogP contribution in [0, 0.1) is 0 Å². The average Bonchev–Trinajstić information content (AvgIpc) is 3.45. The largest absolute Gasteiger partial charge is 0.497 e. The zero-order valence-electron chi connectivity index (χ0n) is 17.2. The SMILES string of the molecule is COc1cccc([C@H](OC)C(=O)Nc2nnc(N[C@@H]3CCN(c4cccnn4)C3)s2)c1. The molecule has 0 saturated carbocycles. The molecule has 0 bridgehead atoms. The van der Waals surface area contributed by atoms with Crippen molar-refractivity contribution < 1.29 is 14.3 Å². The van der Waals surface area contributed by atoms with Crippen LogP contribution in [0.2, 0.25) is 0 Å². The fourth-order valence-corrected chi connectivity index (χ4v) is 4.15. The number of ether oxygens (including phenoxy) is 2. The zero-order valence-corrected chi connectivity index (χ0v) is 18.0. The summed E-state index contributed by atoms with van der Waals surface area (Å²) in [7, 11) is 3.06. The minimum absolute atomic E-state index is 0.210. The van der Waals surface area contributed by atoms with Crippen LogP contribution in [0.1, 0.15) is 18.1 Å². The Bertz CT molecular complexity index is 1020. The van der Waals surface area contributed by atoms with Crippen molar-refractivity contribution in [2.75, 3.05) is 42.8 Å². The first-order chi connectivity index (χ1) is 15.2. The Morgan fingerprint density at radius 3 is 2.84 bits per heavy atom. The summed E-state index contributed by atoms with van der Waals surface area (Å²) in [6, 6.07) is 11.2. The molecule has 10 nitrogen and oxygen atoms in total. The van der Waals surface area contributed by atoms with Crippen molar-refractivity contribution in [3.8, 4) is 5.75 Å². The Kier molecular flexibility index (Phi) is 6.53. The summed E-state index contributed by atoms with van der Waals surface area (Å²) in [6.45, 7) is 1.68. The second-order valence-corrected chi connectivity index (χ2v) is 7.93. The third-order valence-corrected chi connectivity index (χ3v) is 5.69. The highest BCUT2D eigenvalue weighted by atomic mass is 32.1. The third-order valence-electron chi connectivity index (χ3n) is 4.92. The monoisotopic (exact) mass is 441 g/mol. The lowest BCUT2D eigenvalue weighted by molar-refractivity contribution is -0.126. The van der Waals surface area contributed by atoms with Gasteiger partial charge in [0.1, 0.15) is 5.75 Å². The maximum atomic E-state index is 12.7. The molecular weight excluding hydrogens is 418 g/mol. The van der Waals surface area contributed by atoms with Gasteiger partial charge in [-0.3, -0.25) is 10.1 Å². The highest BCUT2D eigenvalue weighted by molar-refractivity contribution is 7.19. The quantitative estimate of drug-likeness (QED) is 0.543. The molecule has 0 unspecified atom stereocenters. The molecule has 1 amide bonds. The van der Waals surface area contributed by atoms with Gasteiger partial charge in [-0.25, -0.2) is 0 Å². The van der Waals surface area contributed by atoms with Crippen molar-refractivity contribution >= 4 is 33.3 Å². The first-order valence-corrected chi connectivity index (χ1v) is 10.6. The standard InChI is InChI=1S/C20H23N7O3S/c1-29-15-6-3-5-13(11-15)17(30-2)18(28)23-20-26-25-19(31-20)22-14-8-10-27(12-14)16-7-4-9-21-24-16/h3-7,9,11,14,17H,8,10,12H2,1-2H3,(H,22,25)(H,23,26,28)/t14-,17+/m1/s1. The second kappa shape index (κ2) is 9.67. The van der Waals surface area contributed by atoms with Gasteiger partial charge in [0.15, 0.2) is 11.9 Å². The Balaban J connectivity index is 1.35. The summed E-state index contributed by atoms with van der Waals surface area (Å²) >= 11 is 1.28. The number of methoxy groups -OCH3 is 2. The predicted molar refractivity (Wildman–Crippen MR) is 118 cm³/mol. The fraction of sp³-hybridized carbons (Fsp3) is 0.350. The van der Waals surface area contributed by atoms with Gasteiger partial charge in [0.05, 0.1) is 7.11 Å². The van der Waals surface area contributed by atoms with Gasteiger partial charge in [0, 0.05) is 32.4 Å². The molecule has 1 saturated heterocycles. The summed E-state index contributed by atoms with van der Waals surface area (Å²) in [5.74, 6) is 1.19. The van der Waals surface area contributed by atoms with E-state index < -0.39 is 6.10 Å². The second-order valence-electron chi connectivity index (χ2n) is 6.95. The Morgan fingerprint density at radius 1 is 1.19 bits per heavy atom. The van der Waals surface area contributed by atoms with Gasteiger partial charge in [0.25, 0.3) is 5.91 Å². The molecule has 3 heterocycles. The van der Waals surface area contributed by atoms with Crippen LogP contribution < -0.4 is 20.3 Å². The summed E-state index contributed by atoms with van der Waals surface area (Å²) < 4.78 is 10.6. The molecule has 2 atom stereocenters. The van der Waals surface area contributed by atoms with E-state index in [-0.39, 0.29) is 11.9 Å². The Labute approximate surface area is 183 Å². The number of carbonyl (C=O) groups excluding carboxylic acids is 1. The molecule has 162 valence electrons. The Hall–Kier alpha value is -3.31. The van der Waals surface area contributed by atoms with Crippen molar-refractivity contribution in [1.82, 2.24) is 20.4 Å². The van der Waals surface area contributed by atoms with Gasteiger partial charge in [-0.15, -0.1) is 15.3 Å². The molecule has 3 aromatic rings. The number of hydrogen-bond donors (Lipinski definition) is 2. The number of rotatable bonds is 8. The first kappa shape index (κ1) is 20.9. The van der Waals surface area contributed by atoms with E-state index in [1.54, 1.807) is 19.4 Å². The van der Waals surface area contributed by atoms with Gasteiger partial charge in [0.2, 0.25) is 10.3 Å². The van der Waals surface area contributed by atoms with E-state index in [1.807, 2.05) is 30.3 Å². The van der Waals surface area contributed by atoms with Crippen molar-refractivity contribution in [3.05, 3.63) is 48.2 Å². The van der Waals surface area contributed by atoms with Crippen LogP contribution in [0.25, 0.3) is 0 Å². The third kappa shape index (κ3) is 5.06. The molecule has 1 aliphatic heterocycles. The van der Waals surface area contributed by atoms with Gasteiger partial charge < -0.3 is 19.7 Å². The molecule has 1 aliphatic rings. The lowest BCUT2D eigenvalue weighted by atomic mass is 10.1. The number of carbonyl (C=O) groups is 1. The van der Waals surface area contributed by atoms with Crippen LogP contribution in [-0.2, 0) is 9.53 Å². The molecule has 0 spiro atoms. The molecule has 1 fully saturated rings. The molecule has 1 aromatic carbocycles. The van der Waals surface area contributed by atoms with Crippen LogP contribution in [-0.4, -0.2) is 59.7 Å². The number of aromatic nitrogens is 4. The van der Waals surface area contributed by atoms with Gasteiger partial charge >= 0.3 is 0 Å². The van der Waals surface area contributed by atoms with Crippen LogP contribution >= 0.6 is 11.3 Å². The first-order valence-electron chi connectivity index (χ1n) is 9.76. The number of benzene rings is 1. The van der Waals surface area contributed by atoms with E-state index in [9.17, 15) is 4.79 Å². The maximum Gasteiger partial charge on any atom is 0.259 e. The molecule has 0 aliphatic carbocycles. The molecule has 0 radical (unpaired) electrons. The topological polar surface area (TPSA) is 114 Å². The number of nitrogens with zero attached hydrogens (tertiary/aromatic N) is 5. The van der Waals surface area contributed by atoms with E-state index in [4.69, 9.17) is 9.47 Å². The van der Waals surface area contributed by atoms with Crippen LogP contribution in [0.4, 0.5) is 16.1 Å². The normalized spacial score (nSPS) is 16.7. The maximum absolute atomic E-state index is 12.7. The minimum atomic E-state index is -0.786. The van der Waals surface area contributed by atoms with Crippen molar-refractivity contribution in [1.29, 1.82) is 0 Å². The van der Waals surface area contributed by atoms with E-state index in [0.717, 1.165) is 25.3 Å². The van der Waals surface area contributed by atoms with Crippen LogP contribution in [0.15, 0.2) is 42.6 Å². The van der Waals surface area contributed by atoms with E-state index >= 15 is 0 Å². The van der Waals surface area contributed by atoms with Crippen molar-refractivity contribution in [2.24, 2.45) is 0 Å². The highest BCUT2D eigenvalue weighted by Crippen LogP contribution is 2.27. The predicted octanol–water partition coefficient (Wildman–Crippen LogP) is 2.35. The smallest absolute Gasteiger partial charge is 0.259 e. The summed E-state index contributed by atoms with van der Waals surface area (Å²) in [4.78, 5) is 14.9.